The quantitative estimate of drug-likeness (QED) is 0.879. The van der Waals surface area contributed by atoms with Gasteiger partial charge in [-0.15, -0.1) is 0 Å². The zero-order valence-corrected chi connectivity index (χ0v) is 12.5. The summed E-state index contributed by atoms with van der Waals surface area (Å²) in [4.78, 5) is 11.0. The molecular formula is C12H14ClFN2O4S. The van der Waals surface area contributed by atoms with Crippen molar-refractivity contribution in [3.63, 3.8) is 0 Å². The fourth-order valence-corrected chi connectivity index (χ4v) is 3.62. The average Bonchev–Trinajstić information content (AvgIpc) is 2.43. The SMILES string of the molecule is O=C(O)C1CCCN(S(=O)(=O)Nc2cc(Cl)ccc2F)C1. The molecule has 0 saturated carbocycles. The van der Waals surface area contributed by atoms with Gasteiger partial charge in [-0.05, 0) is 31.0 Å². The first kappa shape index (κ1) is 16.0. The molecule has 0 radical (unpaired) electrons. The number of piperidine rings is 1. The number of carboxylic acids is 1. The van der Waals surface area contributed by atoms with Gasteiger partial charge < -0.3 is 5.11 Å². The van der Waals surface area contributed by atoms with E-state index in [1.165, 1.54) is 6.07 Å². The molecule has 1 heterocycles. The Morgan fingerprint density at radius 2 is 2.19 bits per heavy atom. The molecule has 1 aliphatic rings. The van der Waals surface area contributed by atoms with Gasteiger partial charge in [0.05, 0.1) is 11.6 Å². The molecule has 1 saturated heterocycles. The van der Waals surface area contributed by atoms with Crippen LogP contribution >= 0.6 is 11.6 Å². The van der Waals surface area contributed by atoms with Gasteiger partial charge in [-0.25, -0.2) is 4.39 Å². The van der Waals surface area contributed by atoms with Crippen LogP contribution in [0.2, 0.25) is 5.02 Å². The lowest BCUT2D eigenvalue weighted by Crippen LogP contribution is -2.44. The Labute approximate surface area is 126 Å². The van der Waals surface area contributed by atoms with Crippen LogP contribution in [0.5, 0.6) is 0 Å². The van der Waals surface area contributed by atoms with E-state index in [2.05, 4.69) is 4.72 Å². The molecule has 0 spiro atoms. The first-order chi connectivity index (χ1) is 9.79. The number of benzene rings is 1. The molecule has 0 bridgehead atoms. The van der Waals surface area contributed by atoms with Crippen LogP contribution in [-0.2, 0) is 15.0 Å². The summed E-state index contributed by atoms with van der Waals surface area (Å²) < 4.78 is 41.1. The van der Waals surface area contributed by atoms with E-state index < -0.39 is 27.9 Å². The van der Waals surface area contributed by atoms with Crippen molar-refractivity contribution in [3.05, 3.63) is 29.0 Å². The average molecular weight is 337 g/mol. The number of carbonyl (C=O) groups is 1. The molecule has 0 amide bonds. The van der Waals surface area contributed by atoms with Crippen molar-refractivity contribution in [2.45, 2.75) is 12.8 Å². The lowest BCUT2D eigenvalue weighted by atomic mass is 10.0. The van der Waals surface area contributed by atoms with Crippen molar-refractivity contribution in [1.82, 2.24) is 4.31 Å². The number of hydrogen-bond donors (Lipinski definition) is 2. The van der Waals surface area contributed by atoms with Crippen molar-refractivity contribution in [3.8, 4) is 0 Å². The summed E-state index contributed by atoms with van der Waals surface area (Å²) in [5, 5.41) is 9.16. The smallest absolute Gasteiger partial charge is 0.307 e. The summed E-state index contributed by atoms with van der Waals surface area (Å²) in [6.45, 7) is 0.0636. The van der Waals surface area contributed by atoms with Gasteiger partial charge in [0, 0.05) is 18.1 Å². The Hall–Kier alpha value is -1.38. The molecule has 0 aromatic heterocycles. The predicted molar refractivity (Wildman–Crippen MR) is 75.9 cm³/mol. The number of carboxylic acid groups (broad SMARTS) is 1. The summed E-state index contributed by atoms with van der Waals surface area (Å²) in [7, 11) is -4.02. The highest BCUT2D eigenvalue weighted by atomic mass is 35.5. The molecule has 2 rings (SSSR count). The second-order valence-corrected chi connectivity index (χ2v) is 6.87. The molecule has 2 N–H and O–H groups in total. The Morgan fingerprint density at radius 1 is 1.48 bits per heavy atom. The normalized spacial score (nSPS) is 20.2. The number of anilines is 1. The van der Waals surface area contributed by atoms with Gasteiger partial charge in [-0.2, -0.15) is 12.7 Å². The summed E-state index contributed by atoms with van der Waals surface area (Å²) >= 11 is 5.70. The molecule has 1 unspecified atom stereocenters. The molecule has 116 valence electrons. The Balaban J connectivity index is 2.18. The molecule has 0 aliphatic carbocycles. The lowest BCUT2D eigenvalue weighted by Gasteiger charge is -2.30. The van der Waals surface area contributed by atoms with Gasteiger partial charge >= 0.3 is 16.2 Å². The Morgan fingerprint density at radius 3 is 2.86 bits per heavy atom. The van der Waals surface area contributed by atoms with Crippen LogP contribution in [0.4, 0.5) is 10.1 Å². The molecule has 21 heavy (non-hydrogen) atoms. The maximum absolute atomic E-state index is 13.6. The van der Waals surface area contributed by atoms with Crippen molar-refractivity contribution in [2.75, 3.05) is 17.8 Å². The van der Waals surface area contributed by atoms with Crippen LogP contribution in [0.15, 0.2) is 18.2 Å². The third-order valence-corrected chi connectivity index (χ3v) is 4.97. The van der Waals surface area contributed by atoms with Gasteiger partial charge in [-0.3, -0.25) is 9.52 Å². The predicted octanol–water partition coefficient (Wildman–Crippen LogP) is 1.93. The number of rotatable bonds is 4. The van der Waals surface area contributed by atoms with Crippen LogP contribution in [-0.4, -0.2) is 36.9 Å². The zero-order valence-electron chi connectivity index (χ0n) is 10.9. The number of hydrogen-bond acceptors (Lipinski definition) is 3. The number of aliphatic carboxylic acids is 1. The van der Waals surface area contributed by atoms with E-state index in [1.54, 1.807) is 0 Å². The fourth-order valence-electron chi connectivity index (χ4n) is 2.14. The lowest BCUT2D eigenvalue weighted by molar-refractivity contribution is -0.142. The third-order valence-electron chi connectivity index (χ3n) is 3.24. The second kappa shape index (κ2) is 6.17. The number of halogens is 2. The molecule has 1 fully saturated rings. The van der Waals surface area contributed by atoms with E-state index in [1.807, 2.05) is 0 Å². The minimum atomic E-state index is -4.02. The summed E-state index contributed by atoms with van der Waals surface area (Å²) in [6.07, 6.45) is 0.864. The van der Waals surface area contributed by atoms with Crippen molar-refractivity contribution in [1.29, 1.82) is 0 Å². The molecule has 1 aromatic rings. The van der Waals surface area contributed by atoms with Gasteiger partial charge in [0.2, 0.25) is 0 Å². The van der Waals surface area contributed by atoms with Crippen molar-refractivity contribution >= 4 is 33.5 Å². The largest absolute Gasteiger partial charge is 0.481 e. The van der Waals surface area contributed by atoms with Gasteiger partial charge in [-0.1, -0.05) is 11.6 Å². The van der Waals surface area contributed by atoms with Crippen LogP contribution < -0.4 is 4.72 Å². The number of nitrogens with zero attached hydrogens (tertiary/aromatic N) is 1. The highest BCUT2D eigenvalue weighted by molar-refractivity contribution is 7.90. The highest BCUT2D eigenvalue weighted by Gasteiger charge is 2.32. The first-order valence-corrected chi connectivity index (χ1v) is 8.07. The minimum Gasteiger partial charge on any atom is -0.481 e. The maximum Gasteiger partial charge on any atom is 0.307 e. The van der Waals surface area contributed by atoms with Crippen molar-refractivity contribution in [2.24, 2.45) is 5.92 Å². The van der Waals surface area contributed by atoms with E-state index in [0.717, 1.165) is 16.4 Å². The monoisotopic (exact) mass is 336 g/mol. The fraction of sp³-hybridized carbons (Fsp3) is 0.417. The summed E-state index contributed by atoms with van der Waals surface area (Å²) in [5.74, 6) is -2.54. The Kier molecular flexibility index (Phi) is 4.70. The molecule has 1 aliphatic heterocycles. The van der Waals surface area contributed by atoms with Crippen LogP contribution in [0.25, 0.3) is 0 Å². The van der Waals surface area contributed by atoms with Gasteiger partial charge in [0.1, 0.15) is 5.82 Å². The summed E-state index contributed by atoms with van der Waals surface area (Å²) in [6, 6.07) is 3.51. The molecule has 6 nitrogen and oxygen atoms in total. The number of nitrogens with one attached hydrogen (secondary N) is 1. The molecular weight excluding hydrogens is 323 g/mol. The molecule has 9 heteroatoms. The highest BCUT2D eigenvalue weighted by Crippen LogP contribution is 2.24. The minimum absolute atomic E-state index is 0.132. The topological polar surface area (TPSA) is 86.7 Å². The maximum atomic E-state index is 13.6. The summed E-state index contributed by atoms with van der Waals surface area (Å²) in [5.41, 5.74) is -0.264. The van der Waals surface area contributed by atoms with Crippen LogP contribution in [0.3, 0.4) is 0 Å². The van der Waals surface area contributed by atoms with Crippen LogP contribution in [0.1, 0.15) is 12.8 Å². The van der Waals surface area contributed by atoms with E-state index in [4.69, 9.17) is 16.7 Å². The van der Waals surface area contributed by atoms with Gasteiger partial charge in [0.15, 0.2) is 0 Å². The van der Waals surface area contributed by atoms with E-state index in [9.17, 15) is 17.6 Å². The second-order valence-electron chi connectivity index (χ2n) is 4.77. The van der Waals surface area contributed by atoms with Crippen LogP contribution in [0, 0.1) is 11.7 Å². The standard InChI is InChI=1S/C12H14ClFN2O4S/c13-9-3-4-10(14)11(6-9)15-21(19,20)16-5-1-2-8(7-16)12(17)18/h3-4,6,8,15H,1-2,5,7H2,(H,17,18). The van der Waals surface area contributed by atoms with Gasteiger partial charge in [0.25, 0.3) is 0 Å². The third kappa shape index (κ3) is 3.84. The first-order valence-electron chi connectivity index (χ1n) is 6.25. The van der Waals surface area contributed by atoms with E-state index >= 15 is 0 Å². The molecule has 1 atom stereocenters. The van der Waals surface area contributed by atoms with Crippen molar-refractivity contribution < 1.29 is 22.7 Å². The van der Waals surface area contributed by atoms with E-state index in [-0.39, 0.29) is 23.8 Å². The van der Waals surface area contributed by atoms with E-state index in [0.29, 0.717) is 12.8 Å². The zero-order chi connectivity index (χ0) is 15.6. The Bertz CT molecular complexity index is 653. The molecule has 1 aromatic carbocycles.